The van der Waals surface area contributed by atoms with Gasteiger partial charge in [0, 0.05) is 6.42 Å². The zero-order valence-corrected chi connectivity index (χ0v) is 10.4. The number of nitrogens with one attached hydrogen (secondary N) is 2. The van der Waals surface area contributed by atoms with Crippen molar-refractivity contribution in [3.63, 3.8) is 0 Å². The van der Waals surface area contributed by atoms with Crippen LogP contribution in [-0.4, -0.2) is 17.9 Å². The molecule has 6 heteroatoms. The first-order valence-corrected chi connectivity index (χ1v) is 6.02. The number of amides is 2. The second kappa shape index (κ2) is 5.34. The average Bonchev–Trinajstić information content (AvgIpc) is 2.79. The maximum absolute atomic E-state index is 13.1. The van der Waals surface area contributed by atoms with E-state index < -0.39 is 23.7 Å². The van der Waals surface area contributed by atoms with Crippen molar-refractivity contribution in [2.75, 3.05) is 0 Å². The Kier molecular flexibility index (Phi) is 3.78. The number of hydrogen-bond acceptors (Lipinski definition) is 2. The van der Waals surface area contributed by atoms with E-state index in [0.29, 0.717) is 18.4 Å². The second-order valence-corrected chi connectivity index (χ2v) is 4.56. The molecule has 1 aliphatic heterocycles. The average molecular weight is 268 g/mol. The van der Waals surface area contributed by atoms with Crippen LogP contribution in [0.25, 0.3) is 0 Å². The highest BCUT2D eigenvalue weighted by molar-refractivity contribution is 5.90. The first-order chi connectivity index (χ1) is 8.97. The van der Waals surface area contributed by atoms with Gasteiger partial charge in [0.2, 0.25) is 11.8 Å². The molecule has 0 saturated carbocycles. The Morgan fingerprint density at radius 1 is 1.42 bits per heavy atom. The Morgan fingerprint density at radius 3 is 2.74 bits per heavy atom. The fourth-order valence-electron chi connectivity index (χ4n) is 1.99. The normalized spacial score (nSPS) is 19.9. The largest absolute Gasteiger partial charge is 0.348 e. The fourth-order valence-corrected chi connectivity index (χ4v) is 1.99. The van der Waals surface area contributed by atoms with Gasteiger partial charge in [0.05, 0.1) is 6.04 Å². The molecule has 1 fully saturated rings. The molecule has 1 saturated heterocycles. The Hall–Kier alpha value is -1.98. The maximum Gasteiger partial charge on any atom is 0.243 e. The monoisotopic (exact) mass is 268 g/mol. The summed E-state index contributed by atoms with van der Waals surface area (Å²) in [6, 6.07) is 2.48. The molecule has 2 N–H and O–H groups in total. The van der Waals surface area contributed by atoms with E-state index in [2.05, 4.69) is 10.6 Å². The minimum Gasteiger partial charge on any atom is -0.348 e. The van der Waals surface area contributed by atoms with Gasteiger partial charge in [-0.15, -0.1) is 0 Å². The number of rotatable bonds is 3. The molecule has 0 spiro atoms. The van der Waals surface area contributed by atoms with Crippen molar-refractivity contribution in [3.8, 4) is 0 Å². The van der Waals surface area contributed by atoms with E-state index in [9.17, 15) is 18.4 Å². The van der Waals surface area contributed by atoms with Gasteiger partial charge in [0.25, 0.3) is 0 Å². The zero-order chi connectivity index (χ0) is 14.0. The highest BCUT2D eigenvalue weighted by Crippen LogP contribution is 2.17. The lowest BCUT2D eigenvalue weighted by molar-refractivity contribution is -0.126. The molecule has 1 aromatic carbocycles. The summed E-state index contributed by atoms with van der Waals surface area (Å²) < 4.78 is 25.9. The molecule has 0 aliphatic carbocycles. The number of carbonyl (C=O) groups is 2. The van der Waals surface area contributed by atoms with Crippen molar-refractivity contribution in [3.05, 3.63) is 35.4 Å². The van der Waals surface area contributed by atoms with Crippen LogP contribution in [0.4, 0.5) is 8.78 Å². The third-order valence-corrected chi connectivity index (χ3v) is 3.11. The van der Waals surface area contributed by atoms with E-state index >= 15 is 0 Å². The van der Waals surface area contributed by atoms with Gasteiger partial charge in [-0.1, -0.05) is 6.07 Å². The molecule has 19 heavy (non-hydrogen) atoms. The number of hydrogen-bond donors (Lipinski definition) is 2. The van der Waals surface area contributed by atoms with Crippen molar-refractivity contribution >= 4 is 11.8 Å². The summed E-state index contributed by atoms with van der Waals surface area (Å²) >= 11 is 0. The van der Waals surface area contributed by atoms with Crippen molar-refractivity contribution in [2.24, 2.45) is 0 Å². The highest BCUT2D eigenvalue weighted by atomic mass is 19.2. The Bertz CT molecular complexity index is 519. The molecule has 1 aromatic rings. The molecule has 0 radical (unpaired) electrons. The van der Waals surface area contributed by atoms with E-state index in [-0.39, 0.29) is 11.8 Å². The minimum absolute atomic E-state index is 0.152. The maximum atomic E-state index is 13.1. The van der Waals surface area contributed by atoms with Gasteiger partial charge >= 0.3 is 0 Å². The quantitative estimate of drug-likeness (QED) is 0.871. The van der Waals surface area contributed by atoms with Gasteiger partial charge in [-0.05, 0) is 31.0 Å². The molecule has 1 aliphatic rings. The standard InChI is InChI=1S/C13H14F2N2O2/c1-7(8-2-3-9(14)10(15)6-8)16-13(19)11-4-5-12(18)17-11/h2-3,6-7,11H,4-5H2,1H3,(H,16,19)(H,17,18). The predicted molar refractivity (Wildman–Crippen MR) is 64.1 cm³/mol. The predicted octanol–water partition coefficient (Wildman–Crippen LogP) is 1.42. The van der Waals surface area contributed by atoms with Gasteiger partial charge < -0.3 is 10.6 Å². The first kappa shape index (κ1) is 13.5. The summed E-state index contributed by atoms with van der Waals surface area (Å²) in [7, 11) is 0. The Morgan fingerprint density at radius 2 is 2.16 bits per heavy atom. The molecule has 0 aromatic heterocycles. The lowest BCUT2D eigenvalue weighted by Crippen LogP contribution is -2.42. The van der Waals surface area contributed by atoms with Crippen LogP contribution in [0.2, 0.25) is 0 Å². The molecule has 4 nitrogen and oxygen atoms in total. The van der Waals surface area contributed by atoms with Crippen LogP contribution in [0, 0.1) is 11.6 Å². The summed E-state index contributed by atoms with van der Waals surface area (Å²) in [4.78, 5) is 22.8. The number of carbonyl (C=O) groups excluding carboxylic acids is 2. The van der Waals surface area contributed by atoms with Gasteiger partial charge in [0.1, 0.15) is 6.04 Å². The van der Waals surface area contributed by atoms with Gasteiger partial charge in [-0.25, -0.2) is 8.78 Å². The molecule has 2 rings (SSSR count). The third-order valence-electron chi connectivity index (χ3n) is 3.11. The summed E-state index contributed by atoms with van der Waals surface area (Å²) in [5.41, 5.74) is 0.469. The van der Waals surface area contributed by atoms with Gasteiger partial charge in [0.15, 0.2) is 11.6 Å². The summed E-state index contributed by atoms with van der Waals surface area (Å²) in [5, 5.41) is 5.21. The number of benzene rings is 1. The molecular weight excluding hydrogens is 254 g/mol. The summed E-state index contributed by atoms with van der Waals surface area (Å²) in [5.74, 6) is -2.35. The lowest BCUT2D eigenvalue weighted by Gasteiger charge is -2.17. The molecule has 2 amide bonds. The molecular formula is C13H14F2N2O2. The highest BCUT2D eigenvalue weighted by Gasteiger charge is 2.28. The van der Waals surface area contributed by atoms with E-state index in [4.69, 9.17) is 0 Å². The van der Waals surface area contributed by atoms with Crippen LogP contribution in [0.3, 0.4) is 0 Å². The third kappa shape index (κ3) is 3.07. The van der Waals surface area contributed by atoms with E-state index in [0.717, 1.165) is 12.1 Å². The van der Waals surface area contributed by atoms with Crippen LogP contribution in [0.5, 0.6) is 0 Å². The topological polar surface area (TPSA) is 58.2 Å². The van der Waals surface area contributed by atoms with Crippen molar-refractivity contribution in [1.29, 1.82) is 0 Å². The van der Waals surface area contributed by atoms with Crippen LogP contribution in [0.1, 0.15) is 31.4 Å². The smallest absolute Gasteiger partial charge is 0.243 e. The van der Waals surface area contributed by atoms with Crippen molar-refractivity contribution in [1.82, 2.24) is 10.6 Å². The molecule has 2 atom stereocenters. The Labute approximate surface area is 109 Å². The molecule has 102 valence electrons. The van der Waals surface area contributed by atoms with Gasteiger partial charge in [-0.2, -0.15) is 0 Å². The van der Waals surface area contributed by atoms with E-state index in [1.165, 1.54) is 6.07 Å². The Balaban J connectivity index is 2.00. The molecule has 2 unspecified atom stereocenters. The van der Waals surface area contributed by atoms with Crippen LogP contribution in [-0.2, 0) is 9.59 Å². The minimum atomic E-state index is -0.951. The van der Waals surface area contributed by atoms with Crippen LogP contribution in [0.15, 0.2) is 18.2 Å². The second-order valence-electron chi connectivity index (χ2n) is 4.56. The van der Waals surface area contributed by atoms with Crippen LogP contribution >= 0.6 is 0 Å². The van der Waals surface area contributed by atoms with E-state index in [1.54, 1.807) is 6.92 Å². The van der Waals surface area contributed by atoms with Crippen molar-refractivity contribution in [2.45, 2.75) is 31.8 Å². The first-order valence-electron chi connectivity index (χ1n) is 6.02. The van der Waals surface area contributed by atoms with Gasteiger partial charge in [-0.3, -0.25) is 9.59 Å². The van der Waals surface area contributed by atoms with Crippen molar-refractivity contribution < 1.29 is 18.4 Å². The van der Waals surface area contributed by atoms with Crippen LogP contribution < -0.4 is 10.6 Å². The summed E-state index contributed by atoms with van der Waals surface area (Å²) in [6.07, 6.45) is 0.785. The fraction of sp³-hybridized carbons (Fsp3) is 0.385. The molecule has 1 heterocycles. The molecule has 0 bridgehead atoms. The lowest BCUT2D eigenvalue weighted by atomic mass is 10.1. The SMILES string of the molecule is CC(NC(=O)C1CCC(=O)N1)c1ccc(F)c(F)c1. The van der Waals surface area contributed by atoms with E-state index in [1.807, 2.05) is 0 Å². The summed E-state index contributed by atoms with van der Waals surface area (Å²) in [6.45, 7) is 1.67. The zero-order valence-electron chi connectivity index (χ0n) is 10.4. The number of halogens is 2.